The number of carbonyl (C=O) groups is 1. The Hall–Kier alpha value is -1.96. The SMILES string of the molecule is Cc1ccc(C(=O)c2ccccc2C)nc1. The topological polar surface area (TPSA) is 30.0 Å². The largest absolute Gasteiger partial charge is 0.287 e. The van der Waals surface area contributed by atoms with Gasteiger partial charge in [-0.2, -0.15) is 0 Å². The molecule has 2 rings (SSSR count). The van der Waals surface area contributed by atoms with E-state index in [1.54, 1.807) is 12.3 Å². The molecule has 0 fully saturated rings. The van der Waals surface area contributed by atoms with Crippen LogP contribution in [0.2, 0.25) is 0 Å². The lowest BCUT2D eigenvalue weighted by molar-refractivity contribution is 0.103. The van der Waals surface area contributed by atoms with Gasteiger partial charge >= 0.3 is 0 Å². The van der Waals surface area contributed by atoms with Crippen molar-refractivity contribution in [2.75, 3.05) is 0 Å². The molecule has 2 heteroatoms. The summed E-state index contributed by atoms with van der Waals surface area (Å²) < 4.78 is 0. The van der Waals surface area contributed by atoms with E-state index in [2.05, 4.69) is 4.98 Å². The molecule has 0 aliphatic rings. The number of nitrogens with zero attached hydrogens (tertiary/aromatic N) is 1. The van der Waals surface area contributed by atoms with Crippen LogP contribution in [-0.2, 0) is 0 Å². The van der Waals surface area contributed by atoms with Gasteiger partial charge < -0.3 is 0 Å². The van der Waals surface area contributed by atoms with Crippen molar-refractivity contribution in [3.8, 4) is 0 Å². The van der Waals surface area contributed by atoms with Crippen molar-refractivity contribution in [2.45, 2.75) is 13.8 Å². The second-order valence-electron chi connectivity index (χ2n) is 3.86. The zero-order valence-corrected chi connectivity index (χ0v) is 9.40. The number of rotatable bonds is 2. The van der Waals surface area contributed by atoms with Gasteiger partial charge in [0.2, 0.25) is 5.78 Å². The number of aromatic nitrogens is 1. The summed E-state index contributed by atoms with van der Waals surface area (Å²) in [6, 6.07) is 11.2. The van der Waals surface area contributed by atoms with Crippen LogP contribution in [0.4, 0.5) is 0 Å². The highest BCUT2D eigenvalue weighted by Crippen LogP contribution is 2.12. The van der Waals surface area contributed by atoms with Gasteiger partial charge in [-0.05, 0) is 31.0 Å². The van der Waals surface area contributed by atoms with Gasteiger partial charge in [0.05, 0.1) is 0 Å². The Balaban J connectivity index is 2.40. The van der Waals surface area contributed by atoms with Crippen LogP contribution >= 0.6 is 0 Å². The molecule has 16 heavy (non-hydrogen) atoms. The fourth-order valence-corrected chi connectivity index (χ4v) is 1.57. The Morgan fingerprint density at radius 3 is 2.44 bits per heavy atom. The van der Waals surface area contributed by atoms with Crippen LogP contribution < -0.4 is 0 Å². The molecule has 0 aliphatic carbocycles. The number of benzene rings is 1. The Morgan fingerprint density at radius 2 is 1.81 bits per heavy atom. The minimum atomic E-state index is -0.0156. The maximum absolute atomic E-state index is 12.1. The molecule has 0 saturated heterocycles. The van der Waals surface area contributed by atoms with Crippen LogP contribution in [-0.4, -0.2) is 10.8 Å². The highest BCUT2D eigenvalue weighted by Gasteiger charge is 2.11. The molecular weight excluding hydrogens is 198 g/mol. The van der Waals surface area contributed by atoms with Gasteiger partial charge in [0.1, 0.15) is 5.69 Å². The fourth-order valence-electron chi connectivity index (χ4n) is 1.57. The third kappa shape index (κ3) is 2.01. The Labute approximate surface area is 95.0 Å². The first-order chi connectivity index (χ1) is 7.68. The smallest absolute Gasteiger partial charge is 0.211 e. The van der Waals surface area contributed by atoms with Crippen molar-refractivity contribution in [3.63, 3.8) is 0 Å². The zero-order valence-electron chi connectivity index (χ0n) is 9.40. The van der Waals surface area contributed by atoms with Crippen LogP contribution in [0.1, 0.15) is 27.2 Å². The molecule has 0 saturated carbocycles. The second kappa shape index (κ2) is 4.27. The van der Waals surface area contributed by atoms with Crippen molar-refractivity contribution < 1.29 is 4.79 Å². The minimum Gasteiger partial charge on any atom is -0.287 e. The van der Waals surface area contributed by atoms with Crippen LogP contribution in [0.3, 0.4) is 0 Å². The lowest BCUT2D eigenvalue weighted by Gasteiger charge is -2.03. The van der Waals surface area contributed by atoms with Crippen LogP contribution in [0, 0.1) is 13.8 Å². The summed E-state index contributed by atoms with van der Waals surface area (Å²) in [5.74, 6) is -0.0156. The van der Waals surface area contributed by atoms with Crippen LogP contribution in [0.15, 0.2) is 42.6 Å². The van der Waals surface area contributed by atoms with Crippen molar-refractivity contribution in [2.24, 2.45) is 0 Å². The summed E-state index contributed by atoms with van der Waals surface area (Å²) in [6.07, 6.45) is 1.71. The van der Waals surface area contributed by atoms with Gasteiger partial charge in [-0.1, -0.05) is 30.3 Å². The van der Waals surface area contributed by atoms with Crippen molar-refractivity contribution in [1.29, 1.82) is 0 Å². The predicted octanol–water partition coefficient (Wildman–Crippen LogP) is 2.93. The number of ketones is 1. The van der Waals surface area contributed by atoms with Crippen LogP contribution in [0.5, 0.6) is 0 Å². The summed E-state index contributed by atoms with van der Waals surface area (Å²) in [5, 5.41) is 0. The van der Waals surface area contributed by atoms with E-state index in [1.807, 2.05) is 44.2 Å². The van der Waals surface area contributed by atoms with E-state index in [4.69, 9.17) is 0 Å². The predicted molar refractivity (Wildman–Crippen MR) is 63.6 cm³/mol. The fraction of sp³-hybridized carbons (Fsp3) is 0.143. The molecule has 0 radical (unpaired) electrons. The molecule has 0 bridgehead atoms. The average Bonchev–Trinajstić information content (AvgIpc) is 2.30. The molecule has 0 spiro atoms. The first-order valence-electron chi connectivity index (χ1n) is 5.21. The number of pyridine rings is 1. The van der Waals surface area contributed by atoms with Crippen molar-refractivity contribution in [1.82, 2.24) is 4.98 Å². The molecular formula is C14H13NO. The summed E-state index contributed by atoms with van der Waals surface area (Å²) >= 11 is 0. The molecule has 0 atom stereocenters. The first-order valence-corrected chi connectivity index (χ1v) is 5.21. The lowest BCUT2D eigenvalue weighted by atomic mass is 10.0. The molecule has 1 aromatic carbocycles. The summed E-state index contributed by atoms with van der Waals surface area (Å²) in [6.45, 7) is 3.89. The molecule has 2 nitrogen and oxygen atoms in total. The maximum Gasteiger partial charge on any atom is 0.211 e. The van der Waals surface area contributed by atoms with E-state index in [9.17, 15) is 4.79 Å². The number of carbonyl (C=O) groups excluding carboxylic acids is 1. The van der Waals surface area contributed by atoms with Crippen molar-refractivity contribution in [3.05, 3.63) is 65.0 Å². The highest BCUT2D eigenvalue weighted by atomic mass is 16.1. The maximum atomic E-state index is 12.1. The Kier molecular flexibility index (Phi) is 2.82. The number of aryl methyl sites for hydroxylation is 2. The summed E-state index contributed by atoms with van der Waals surface area (Å²) in [7, 11) is 0. The van der Waals surface area contributed by atoms with E-state index in [1.165, 1.54) is 0 Å². The van der Waals surface area contributed by atoms with E-state index in [-0.39, 0.29) is 5.78 Å². The van der Waals surface area contributed by atoms with Crippen molar-refractivity contribution >= 4 is 5.78 Å². The van der Waals surface area contributed by atoms with E-state index in [0.29, 0.717) is 5.69 Å². The number of hydrogen-bond acceptors (Lipinski definition) is 2. The molecule has 1 aromatic heterocycles. The number of hydrogen-bond donors (Lipinski definition) is 0. The van der Waals surface area contributed by atoms with Gasteiger partial charge in [0, 0.05) is 11.8 Å². The van der Waals surface area contributed by atoms with Gasteiger partial charge in [-0.25, -0.2) is 0 Å². The van der Waals surface area contributed by atoms with E-state index < -0.39 is 0 Å². The monoisotopic (exact) mass is 211 g/mol. The normalized spacial score (nSPS) is 10.1. The third-order valence-electron chi connectivity index (χ3n) is 2.53. The molecule has 0 amide bonds. The average molecular weight is 211 g/mol. The third-order valence-corrected chi connectivity index (χ3v) is 2.53. The molecule has 80 valence electrons. The quantitative estimate of drug-likeness (QED) is 0.715. The minimum absolute atomic E-state index is 0.0156. The molecule has 2 aromatic rings. The zero-order chi connectivity index (χ0) is 11.5. The van der Waals surface area contributed by atoms with Gasteiger partial charge in [0.15, 0.2) is 0 Å². The van der Waals surface area contributed by atoms with Gasteiger partial charge in [-0.15, -0.1) is 0 Å². The molecule has 0 unspecified atom stereocenters. The lowest BCUT2D eigenvalue weighted by Crippen LogP contribution is -2.05. The summed E-state index contributed by atoms with van der Waals surface area (Å²) in [5.41, 5.74) is 3.26. The van der Waals surface area contributed by atoms with E-state index >= 15 is 0 Å². The van der Waals surface area contributed by atoms with Gasteiger partial charge in [-0.3, -0.25) is 9.78 Å². The molecule has 0 N–H and O–H groups in total. The van der Waals surface area contributed by atoms with Gasteiger partial charge in [0.25, 0.3) is 0 Å². The highest BCUT2D eigenvalue weighted by molar-refractivity contribution is 6.08. The van der Waals surface area contributed by atoms with Crippen LogP contribution in [0.25, 0.3) is 0 Å². The second-order valence-corrected chi connectivity index (χ2v) is 3.86. The Morgan fingerprint density at radius 1 is 1.06 bits per heavy atom. The van der Waals surface area contributed by atoms with E-state index in [0.717, 1.165) is 16.7 Å². The molecule has 1 heterocycles. The standard InChI is InChI=1S/C14H13NO/c1-10-7-8-13(15-9-10)14(16)12-6-4-3-5-11(12)2/h3-9H,1-2H3. The summed E-state index contributed by atoms with van der Waals surface area (Å²) in [4.78, 5) is 16.3. The molecule has 0 aliphatic heterocycles. The first kappa shape index (κ1) is 10.6. The Bertz CT molecular complexity index is 515.